The van der Waals surface area contributed by atoms with Gasteiger partial charge in [-0.25, -0.2) is 9.98 Å². The molecule has 0 aliphatic carbocycles. The number of hydrogen-bond donors (Lipinski definition) is 2. The van der Waals surface area contributed by atoms with Gasteiger partial charge in [0.15, 0.2) is 0 Å². The van der Waals surface area contributed by atoms with E-state index in [2.05, 4.69) is 25.6 Å². The van der Waals surface area contributed by atoms with Crippen molar-refractivity contribution in [2.45, 2.75) is 19.1 Å². The van der Waals surface area contributed by atoms with Gasteiger partial charge in [0.25, 0.3) is 5.91 Å². The molecule has 11 heteroatoms. The summed E-state index contributed by atoms with van der Waals surface area (Å²) in [6.45, 7) is 1.88. The fourth-order valence-electron chi connectivity index (χ4n) is 2.97. The Morgan fingerprint density at radius 1 is 1.18 bits per heavy atom. The molecule has 3 aromatic rings. The quantitative estimate of drug-likeness (QED) is 0.323. The first-order valence-electron chi connectivity index (χ1n) is 10.1. The van der Waals surface area contributed by atoms with Crippen LogP contribution in [-0.4, -0.2) is 41.2 Å². The minimum absolute atomic E-state index is 0.0166. The molecule has 0 spiro atoms. The SMILES string of the molecule is C[C@H](Nc1cncc(Cl)n1)c1cccc(NC(=O)c2cc(/N=C\N(C)C)cc(C(F)(F)F)c2)c1. The van der Waals surface area contributed by atoms with Crippen molar-refractivity contribution < 1.29 is 18.0 Å². The maximum atomic E-state index is 13.4. The van der Waals surface area contributed by atoms with E-state index in [4.69, 9.17) is 11.6 Å². The summed E-state index contributed by atoms with van der Waals surface area (Å²) in [5.41, 5.74) is 0.124. The number of aromatic nitrogens is 2. The molecule has 0 aliphatic rings. The maximum Gasteiger partial charge on any atom is 0.416 e. The summed E-state index contributed by atoms with van der Waals surface area (Å²) in [6, 6.07) is 9.70. The average Bonchev–Trinajstić information content (AvgIpc) is 2.77. The number of benzene rings is 2. The van der Waals surface area contributed by atoms with Crippen LogP contribution in [0.5, 0.6) is 0 Å². The van der Waals surface area contributed by atoms with Crippen LogP contribution in [0.2, 0.25) is 5.15 Å². The summed E-state index contributed by atoms with van der Waals surface area (Å²) >= 11 is 5.86. The second-order valence-corrected chi connectivity index (χ2v) is 8.03. The first-order chi connectivity index (χ1) is 16.0. The van der Waals surface area contributed by atoms with Crippen molar-refractivity contribution in [1.29, 1.82) is 0 Å². The third kappa shape index (κ3) is 6.92. The molecule has 178 valence electrons. The summed E-state index contributed by atoms with van der Waals surface area (Å²) in [5.74, 6) is -0.213. The number of aliphatic imine (C=N–C) groups is 1. The van der Waals surface area contributed by atoms with Gasteiger partial charge in [0.1, 0.15) is 11.0 Å². The lowest BCUT2D eigenvalue weighted by Gasteiger charge is -2.16. The monoisotopic (exact) mass is 490 g/mol. The molecular formula is C23H22ClF3N6O. The van der Waals surface area contributed by atoms with Gasteiger partial charge in [-0.2, -0.15) is 13.2 Å². The molecule has 0 bridgehead atoms. The third-order valence-electron chi connectivity index (χ3n) is 4.56. The molecule has 3 rings (SSSR count). The Labute approximate surface area is 199 Å². The lowest BCUT2D eigenvalue weighted by Crippen LogP contribution is -2.15. The molecule has 0 fully saturated rings. The molecule has 0 saturated carbocycles. The highest BCUT2D eigenvalue weighted by Crippen LogP contribution is 2.33. The third-order valence-corrected chi connectivity index (χ3v) is 4.74. The minimum atomic E-state index is -4.62. The van der Waals surface area contributed by atoms with Gasteiger partial charge in [0.2, 0.25) is 0 Å². The highest BCUT2D eigenvalue weighted by Gasteiger charge is 2.32. The van der Waals surface area contributed by atoms with Gasteiger partial charge in [0, 0.05) is 25.3 Å². The van der Waals surface area contributed by atoms with Crippen molar-refractivity contribution in [3.8, 4) is 0 Å². The number of halogens is 4. The van der Waals surface area contributed by atoms with E-state index in [1.54, 1.807) is 37.2 Å². The highest BCUT2D eigenvalue weighted by molar-refractivity contribution is 6.29. The fourth-order valence-corrected chi connectivity index (χ4v) is 3.12. The van der Waals surface area contributed by atoms with Gasteiger partial charge in [0.05, 0.1) is 36.0 Å². The molecule has 1 aromatic heterocycles. The first kappa shape index (κ1) is 25.0. The molecule has 1 amide bonds. The summed E-state index contributed by atoms with van der Waals surface area (Å²) in [5, 5.41) is 6.05. The predicted molar refractivity (Wildman–Crippen MR) is 127 cm³/mol. The predicted octanol–water partition coefficient (Wildman–Crippen LogP) is 5.80. The van der Waals surface area contributed by atoms with E-state index in [0.717, 1.165) is 17.7 Å². The number of anilines is 2. The Kier molecular flexibility index (Phi) is 7.72. The van der Waals surface area contributed by atoms with E-state index in [1.807, 2.05) is 13.0 Å². The number of alkyl halides is 3. The fraction of sp³-hybridized carbons (Fsp3) is 0.217. The van der Waals surface area contributed by atoms with E-state index in [0.29, 0.717) is 11.5 Å². The number of amides is 1. The standard InChI is InChI=1S/C23H22ClF3N6O/c1-14(30-21-12-28-11-20(24)32-21)15-5-4-6-18(8-15)31-22(34)16-7-17(23(25,26)27)10-19(9-16)29-13-33(2)3/h4-14H,1-3H3,(H,30,32)(H,31,34)/b29-13-/t14-/m0/s1. The molecule has 0 aliphatic heterocycles. The van der Waals surface area contributed by atoms with Crippen LogP contribution in [0.25, 0.3) is 0 Å². The maximum absolute atomic E-state index is 13.4. The number of carbonyl (C=O) groups is 1. The van der Waals surface area contributed by atoms with Crippen molar-refractivity contribution in [3.05, 3.63) is 76.7 Å². The molecule has 0 radical (unpaired) electrons. The number of carbonyl (C=O) groups excluding carboxylic acids is 1. The van der Waals surface area contributed by atoms with Crippen LogP contribution in [-0.2, 0) is 6.18 Å². The van der Waals surface area contributed by atoms with E-state index in [-0.39, 0.29) is 22.4 Å². The topological polar surface area (TPSA) is 82.5 Å². The zero-order valence-electron chi connectivity index (χ0n) is 18.6. The minimum Gasteiger partial charge on any atom is -0.369 e. The van der Waals surface area contributed by atoms with Crippen molar-refractivity contribution in [1.82, 2.24) is 14.9 Å². The van der Waals surface area contributed by atoms with E-state index in [1.165, 1.54) is 24.8 Å². The molecule has 7 nitrogen and oxygen atoms in total. The Morgan fingerprint density at radius 2 is 1.94 bits per heavy atom. The van der Waals surface area contributed by atoms with Gasteiger partial charge in [-0.1, -0.05) is 23.7 Å². The Bertz CT molecular complexity index is 1200. The zero-order chi connectivity index (χ0) is 24.9. The highest BCUT2D eigenvalue weighted by atomic mass is 35.5. The van der Waals surface area contributed by atoms with Crippen LogP contribution >= 0.6 is 11.6 Å². The van der Waals surface area contributed by atoms with Crippen molar-refractivity contribution >= 4 is 41.0 Å². The average molecular weight is 491 g/mol. The van der Waals surface area contributed by atoms with Crippen molar-refractivity contribution in [2.75, 3.05) is 24.7 Å². The normalized spacial score (nSPS) is 12.4. The summed E-state index contributed by atoms with van der Waals surface area (Å²) in [4.78, 5) is 26.5. The molecule has 2 aromatic carbocycles. The van der Waals surface area contributed by atoms with Gasteiger partial charge in [-0.15, -0.1) is 0 Å². The zero-order valence-corrected chi connectivity index (χ0v) is 19.3. The lowest BCUT2D eigenvalue weighted by molar-refractivity contribution is -0.137. The number of nitrogens with one attached hydrogen (secondary N) is 2. The number of rotatable bonds is 7. The van der Waals surface area contributed by atoms with Crippen LogP contribution in [0.1, 0.15) is 34.5 Å². The number of hydrogen-bond acceptors (Lipinski definition) is 5. The van der Waals surface area contributed by atoms with Crippen LogP contribution < -0.4 is 10.6 Å². The molecule has 0 unspecified atom stereocenters. The smallest absolute Gasteiger partial charge is 0.369 e. The van der Waals surface area contributed by atoms with Crippen LogP contribution in [0.3, 0.4) is 0 Å². The largest absolute Gasteiger partial charge is 0.416 e. The number of nitrogens with zero attached hydrogens (tertiary/aromatic N) is 4. The molecule has 34 heavy (non-hydrogen) atoms. The van der Waals surface area contributed by atoms with Crippen LogP contribution in [0.4, 0.5) is 30.4 Å². The van der Waals surface area contributed by atoms with E-state index >= 15 is 0 Å². The summed E-state index contributed by atoms with van der Waals surface area (Å²) < 4.78 is 40.1. The first-order valence-corrected chi connectivity index (χ1v) is 10.5. The second-order valence-electron chi connectivity index (χ2n) is 7.65. The molecule has 0 saturated heterocycles. The Balaban J connectivity index is 1.82. The summed E-state index contributed by atoms with van der Waals surface area (Å²) in [7, 11) is 3.37. The van der Waals surface area contributed by atoms with Gasteiger partial charge in [-0.3, -0.25) is 9.78 Å². The van der Waals surface area contributed by atoms with Gasteiger partial charge < -0.3 is 15.5 Å². The van der Waals surface area contributed by atoms with Crippen molar-refractivity contribution in [2.24, 2.45) is 4.99 Å². The van der Waals surface area contributed by atoms with Gasteiger partial charge >= 0.3 is 6.18 Å². The van der Waals surface area contributed by atoms with Crippen LogP contribution in [0.15, 0.2) is 59.9 Å². The molecular weight excluding hydrogens is 469 g/mol. The Hall–Kier alpha value is -3.66. The van der Waals surface area contributed by atoms with Gasteiger partial charge in [-0.05, 0) is 42.8 Å². The molecule has 1 heterocycles. The second kappa shape index (κ2) is 10.5. The lowest BCUT2D eigenvalue weighted by atomic mass is 10.1. The molecule has 1 atom stereocenters. The van der Waals surface area contributed by atoms with Crippen LogP contribution in [0, 0.1) is 0 Å². The van der Waals surface area contributed by atoms with E-state index < -0.39 is 17.6 Å². The summed E-state index contributed by atoms with van der Waals surface area (Å²) in [6.07, 6.45) is -0.321. The van der Waals surface area contributed by atoms with Crippen molar-refractivity contribution in [3.63, 3.8) is 0 Å². The van der Waals surface area contributed by atoms with E-state index in [9.17, 15) is 18.0 Å². The molecule has 2 N–H and O–H groups in total. The Morgan fingerprint density at radius 3 is 2.62 bits per heavy atom.